The molecule has 0 aromatic carbocycles. The predicted octanol–water partition coefficient (Wildman–Crippen LogP) is 2.74. The van der Waals surface area contributed by atoms with Gasteiger partial charge in [0.1, 0.15) is 6.04 Å². The largest absolute Gasteiger partial charge is 0.341 e. The van der Waals surface area contributed by atoms with Gasteiger partial charge in [0.25, 0.3) is 0 Å². The van der Waals surface area contributed by atoms with E-state index < -0.39 is 0 Å². The van der Waals surface area contributed by atoms with Crippen molar-refractivity contribution in [2.75, 3.05) is 19.6 Å². The van der Waals surface area contributed by atoms with Crippen molar-refractivity contribution in [3.8, 4) is 0 Å². The van der Waals surface area contributed by atoms with Crippen LogP contribution in [0.3, 0.4) is 0 Å². The maximum absolute atomic E-state index is 12.5. The van der Waals surface area contributed by atoms with Crippen LogP contribution in [0.15, 0.2) is 12.2 Å². The van der Waals surface area contributed by atoms with E-state index in [9.17, 15) is 9.59 Å². The molecule has 2 heterocycles. The van der Waals surface area contributed by atoms with E-state index in [4.69, 9.17) is 0 Å². The van der Waals surface area contributed by atoms with Gasteiger partial charge in [0.2, 0.25) is 11.8 Å². The van der Waals surface area contributed by atoms with Crippen molar-refractivity contribution in [2.24, 2.45) is 0 Å². The molecule has 2 aliphatic heterocycles. The quantitative estimate of drug-likeness (QED) is 0.558. The lowest BCUT2D eigenvalue weighted by molar-refractivity contribution is -0.140. The topological polar surface area (TPSA) is 40.6 Å². The molecular formula is C17H28N2O2. The number of allylic oxidation sites excluding steroid dienone is 1. The fourth-order valence-electron chi connectivity index (χ4n) is 3.23. The van der Waals surface area contributed by atoms with E-state index in [0.717, 1.165) is 58.2 Å². The molecule has 4 nitrogen and oxygen atoms in total. The van der Waals surface area contributed by atoms with E-state index in [1.807, 2.05) is 11.0 Å². The Bertz CT molecular complexity index is 386. The highest BCUT2D eigenvalue weighted by molar-refractivity contribution is 5.93. The third kappa shape index (κ3) is 4.32. The zero-order valence-electron chi connectivity index (χ0n) is 13.2. The van der Waals surface area contributed by atoms with Crippen LogP contribution in [0.2, 0.25) is 0 Å². The molecule has 0 aromatic rings. The Hall–Kier alpha value is -1.32. The summed E-state index contributed by atoms with van der Waals surface area (Å²) in [4.78, 5) is 28.5. The molecule has 0 aliphatic carbocycles. The molecule has 0 spiro atoms. The number of amides is 2. The van der Waals surface area contributed by atoms with Gasteiger partial charge < -0.3 is 9.80 Å². The van der Waals surface area contributed by atoms with Gasteiger partial charge in [-0.25, -0.2) is 0 Å². The minimum absolute atomic E-state index is 0.0153. The van der Waals surface area contributed by atoms with E-state index in [1.54, 1.807) is 11.0 Å². The summed E-state index contributed by atoms with van der Waals surface area (Å²) in [5.41, 5.74) is 0. The van der Waals surface area contributed by atoms with Crippen LogP contribution in [0.1, 0.15) is 58.3 Å². The van der Waals surface area contributed by atoms with Crippen molar-refractivity contribution in [3.63, 3.8) is 0 Å². The van der Waals surface area contributed by atoms with Gasteiger partial charge in [-0.15, -0.1) is 0 Å². The molecule has 2 rings (SSSR count). The highest BCUT2D eigenvalue weighted by Gasteiger charge is 2.36. The summed E-state index contributed by atoms with van der Waals surface area (Å²) in [6, 6.07) is -0.212. The molecule has 0 bridgehead atoms. The number of carbonyl (C=O) groups excluding carboxylic acids is 2. The van der Waals surface area contributed by atoms with Gasteiger partial charge in [0.05, 0.1) is 0 Å². The molecule has 21 heavy (non-hydrogen) atoms. The van der Waals surface area contributed by atoms with E-state index in [-0.39, 0.29) is 17.9 Å². The maximum atomic E-state index is 12.5. The number of unbranched alkanes of at least 4 members (excludes halogenated alkanes) is 3. The first-order valence-corrected chi connectivity index (χ1v) is 8.50. The van der Waals surface area contributed by atoms with Crippen molar-refractivity contribution in [1.29, 1.82) is 0 Å². The molecule has 0 aromatic heterocycles. The third-order valence-corrected chi connectivity index (χ3v) is 4.47. The monoisotopic (exact) mass is 292 g/mol. The highest BCUT2D eigenvalue weighted by Crippen LogP contribution is 2.22. The third-order valence-electron chi connectivity index (χ3n) is 4.47. The summed E-state index contributed by atoms with van der Waals surface area (Å²) in [5.74, 6) is 0.180. The summed E-state index contributed by atoms with van der Waals surface area (Å²) < 4.78 is 0. The van der Waals surface area contributed by atoms with Crippen LogP contribution in [0.25, 0.3) is 0 Å². The van der Waals surface area contributed by atoms with Gasteiger partial charge in [-0.2, -0.15) is 0 Å². The van der Waals surface area contributed by atoms with E-state index >= 15 is 0 Å². The lowest BCUT2D eigenvalue weighted by atomic mass is 10.2. The average Bonchev–Trinajstić information content (AvgIpc) is 3.17. The van der Waals surface area contributed by atoms with Crippen LogP contribution >= 0.6 is 0 Å². The summed E-state index contributed by atoms with van der Waals surface area (Å²) >= 11 is 0. The average molecular weight is 292 g/mol. The summed E-state index contributed by atoms with van der Waals surface area (Å²) in [6.07, 6.45) is 12.1. The number of rotatable bonds is 6. The Morgan fingerprint density at radius 2 is 1.86 bits per heavy atom. The van der Waals surface area contributed by atoms with Crippen LogP contribution in [-0.2, 0) is 9.59 Å². The molecule has 0 N–H and O–H groups in total. The number of nitrogens with zero attached hydrogens (tertiary/aromatic N) is 2. The van der Waals surface area contributed by atoms with Gasteiger partial charge in [0, 0.05) is 19.6 Å². The Morgan fingerprint density at radius 3 is 2.57 bits per heavy atom. The van der Waals surface area contributed by atoms with Crippen molar-refractivity contribution in [3.05, 3.63) is 12.2 Å². The Morgan fingerprint density at radius 1 is 1.10 bits per heavy atom. The SMILES string of the molecule is CCCCC/C=C/C(=O)N1CCC[C@H]1C(=O)N1CCCC1. The van der Waals surface area contributed by atoms with Crippen LogP contribution in [0.4, 0.5) is 0 Å². The number of hydrogen-bond acceptors (Lipinski definition) is 2. The zero-order chi connectivity index (χ0) is 15.1. The second-order valence-corrected chi connectivity index (χ2v) is 6.12. The molecule has 1 atom stereocenters. The molecular weight excluding hydrogens is 264 g/mol. The fourth-order valence-corrected chi connectivity index (χ4v) is 3.23. The molecule has 2 aliphatic rings. The summed E-state index contributed by atoms with van der Waals surface area (Å²) in [6.45, 7) is 4.63. The lowest BCUT2D eigenvalue weighted by Crippen LogP contribution is -2.46. The van der Waals surface area contributed by atoms with E-state index in [0.29, 0.717) is 0 Å². The van der Waals surface area contributed by atoms with E-state index in [1.165, 1.54) is 12.8 Å². The minimum Gasteiger partial charge on any atom is -0.341 e. The van der Waals surface area contributed by atoms with Crippen LogP contribution in [0, 0.1) is 0 Å². The van der Waals surface area contributed by atoms with Gasteiger partial charge in [-0.05, 0) is 44.6 Å². The standard InChI is InChI=1S/C17H28N2O2/c1-2-3-4-5-6-11-16(20)19-14-9-10-15(19)17(21)18-12-7-8-13-18/h6,11,15H,2-5,7-10,12-14H2,1H3/b11-6+/t15-/m0/s1. The number of hydrogen-bond donors (Lipinski definition) is 0. The van der Waals surface area contributed by atoms with E-state index in [2.05, 4.69) is 6.92 Å². The van der Waals surface area contributed by atoms with Gasteiger partial charge >= 0.3 is 0 Å². The highest BCUT2D eigenvalue weighted by atomic mass is 16.2. The molecule has 2 amide bonds. The first-order chi connectivity index (χ1) is 10.2. The van der Waals surface area contributed by atoms with Crippen molar-refractivity contribution >= 4 is 11.8 Å². The first kappa shape index (κ1) is 16.1. The minimum atomic E-state index is -0.212. The fraction of sp³-hybridized carbons (Fsp3) is 0.765. The molecule has 2 fully saturated rings. The van der Waals surface area contributed by atoms with Crippen LogP contribution in [-0.4, -0.2) is 47.3 Å². The summed E-state index contributed by atoms with van der Waals surface area (Å²) in [5, 5.41) is 0. The van der Waals surface area contributed by atoms with Crippen molar-refractivity contribution < 1.29 is 9.59 Å². The lowest BCUT2D eigenvalue weighted by Gasteiger charge is -2.27. The second-order valence-electron chi connectivity index (χ2n) is 6.12. The molecule has 0 radical (unpaired) electrons. The smallest absolute Gasteiger partial charge is 0.246 e. The zero-order valence-corrected chi connectivity index (χ0v) is 13.2. The first-order valence-electron chi connectivity index (χ1n) is 8.50. The Kier molecular flexibility index (Phi) is 6.27. The van der Waals surface area contributed by atoms with Crippen molar-refractivity contribution in [2.45, 2.75) is 64.3 Å². The van der Waals surface area contributed by atoms with Gasteiger partial charge in [-0.1, -0.05) is 25.8 Å². The number of carbonyl (C=O) groups is 2. The van der Waals surface area contributed by atoms with Crippen molar-refractivity contribution in [1.82, 2.24) is 9.80 Å². The Labute approximate surface area is 128 Å². The van der Waals surface area contributed by atoms with Gasteiger partial charge in [0.15, 0.2) is 0 Å². The molecule has 0 saturated carbocycles. The van der Waals surface area contributed by atoms with Gasteiger partial charge in [-0.3, -0.25) is 9.59 Å². The normalized spacial score (nSPS) is 22.4. The summed E-state index contributed by atoms with van der Waals surface area (Å²) in [7, 11) is 0. The van der Waals surface area contributed by atoms with Crippen LogP contribution < -0.4 is 0 Å². The Balaban J connectivity index is 1.85. The predicted molar refractivity (Wildman–Crippen MR) is 83.8 cm³/mol. The molecule has 118 valence electrons. The number of likely N-dealkylation sites (tertiary alicyclic amines) is 2. The molecule has 4 heteroatoms. The van der Waals surface area contributed by atoms with Crippen LogP contribution in [0.5, 0.6) is 0 Å². The second kappa shape index (κ2) is 8.20. The molecule has 0 unspecified atom stereocenters. The maximum Gasteiger partial charge on any atom is 0.246 e. The molecule has 2 saturated heterocycles.